The summed E-state index contributed by atoms with van der Waals surface area (Å²) >= 11 is 0. The minimum atomic E-state index is 0.0870. The maximum absolute atomic E-state index is 12.6. The number of aromatic nitrogens is 1. The summed E-state index contributed by atoms with van der Waals surface area (Å²) < 4.78 is 11.8. The van der Waals surface area contributed by atoms with Gasteiger partial charge in [-0.2, -0.15) is 4.98 Å². The van der Waals surface area contributed by atoms with E-state index in [2.05, 4.69) is 16.8 Å². The molecule has 1 amide bonds. The summed E-state index contributed by atoms with van der Waals surface area (Å²) in [6.45, 7) is 5.88. The van der Waals surface area contributed by atoms with Crippen molar-refractivity contribution in [3.63, 3.8) is 0 Å². The van der Waals surface area contributed by atoms with E-state index in [1.54, 1.807) is 0 Å². The van der Waals surface area contributed by atoms with Crippen LogP contribution in [-0.4, -0.2) is 54.7 Å². The third kappa shape index (κ3) is 3.10. The Kier molecular flexibility index (Phi) is 4.11. The molecule has 144 valence electrons. The predicted octanol–water partition coefficient (Wildman–Crippen LogP) is 3.07. The third-order valence-corrected chi connectivity index (χ3v) is 6.62. The van der Waals surface area contributed by atoms with Gasteiger partial charge >= 0.3 is 0 Å². The molecule has 0 spiro atoms. The molecule has 0 unspecified atom stereocenters. The minimum absolute atomic E-state index is 0.0870. The predicted molar refractivity (Wildman–Crippen MR) is 103 cm³/mol. The van der Waals surface area contributed by atoms with E-state index in [9.17, 15) is 4.79 Å². The Morgan fingerprint density at radius 2 is 2.07 bits per heavy atom. The second-order valence-corrected chi connectivity index (χ2v) is 8.69. The van der Waals surface area contributed by atoms with Crippen molar-refractivity contribution in [2.75, 3.05) is 37.7 Å². The van der Waals surface area contributed by atoms with Crippen molar-refractivity contribution in [1.29, 1.82) is 0 Å². The lowest BCUT2D eigenvalue weighted by Gasteiger charge is -2.25. The zero-order valence-electron chi connectivity index (χ0n) is 15.9. The molecule has 2 saturated heterocycles. The Balaban J connectivity index is 1.22. The fraction of sp³-hybridized carbons (Fsp3) is 0.619. The van der Waals surface area contributed by atoms with Crippen LogP contribution in [0.2, 0.25) is 0 Å². The molecule has 2 atom stereocenters. The molecule has 27 heavy (non-hydrogen) atoms. The van der Waals surface area contributed by atoms with E-state index in [-0.39, 0.29) is 17.9 Å². The topological polar surface area (TPSA) is 58.8 Å². The summed E-state index contributed by atoms with van der Waals surface area (Å²) in [7, 11) is 0. The van der Waals surface area contributed by atoms with Crippen molar-refractivity contribution in [2.45, 2.75) is 38.7 Å². The first-order valence-electron chi connectivity index (χ1n) is 10.1. The first kappa shape index (κ1) is 17.0. The normalized spacial score (nSPS) is 28.4. The minimum Gasteiger partial charge on any atom is -0.423 e. The van der Waals surface area contributed by atoms with Crippen molar-refractivity contribution >= 4 is 23.0 Å². The molecule has 1 aromatic carbocycles. The van der Waals surface area contributed by atoms with Gasteiger partial charge in [-0.25, -0.2) is 0 Å². The standard InChI is InChI=1S/C21H27N3O3/c1-21-13-23(19(25)12-26-16-6-2-3-7-16)10-15(21)11-24(14-21)20-22-17-8-4-5-9-18(17)27-20/h4-5,8-9,15-16H,2-3,6-7,10-14H2,1H3/t15-,21+/m1/s1. The van der Waals surface area contributed by atoms with Crippen LogP contribution in [-0.2, 0) is 9.53 Å². The van der Waals surface area contributed by atoms with Gasteiger partial charge in [0, 0.05) is 37.5 Å². The molecule has 0 bridgehead atoms. The highest BCUT2D eigenvalue weighted by Gasteiger charge is 2.51. The van der Waals surface area contributed by atoms with E-state index < -0.39 is 0 Å². The molecular formula is C21H27N3O3. The van der Waals surface area contributed by atoms with Crippen molar-refractivity contribution < 1.29 is 13.9 Å². The molecule has 6 heteroatoms. The van der Waals surface area contributed by atoms with E-state index in [1.807, 2.05) is 29.2 Å². The molecule has 0 radical (unpaired) electrons. The van der Waals surface area contributed by atoms with Crippen LogP contribution in [0.1, 0.15) is 32.6 Å². The van der Waals surface area contributed by atoms with Crippen molar-refractivity contribution in [3.8, 4) is 0 Å². The van der Waals surface area contributed by atoms with Crippen molar-refractivity contribution in [1.82, 2.24) is 9.88 Å². The zero-order chi connectivity index (χ0) is 18.4. The Morgan fingerprint density at radius 1 is 1.26 bits per heavy atom. The Labute approximate surface area is 159 Å². The number of fused-ring (bicyclic) bond motifs is 2. The fourth-order valence-corrected chi connectivity index (χ4v) is 5.01. The van der Waals surface area contributed by atoms with E-state index in [1.165, 1.54) is 12.8 Å². The lowest BCUT2D eigenvalue weighted by molar-refractivity contribution is -0.137. The fourth-order valence-electron chi connectivity index (χ4n) is 5.01. The molecule has 1 saturated carbocycles. The Morgan fingerprint density at radius 3 is 2.85 bits per heavy atom. The number of oxazole rings is 1. The number of nitrogens with zero attached hydrogens (tertiary/aromatic N) is 3. The summed E-state index contributed by atoms with van der Waals surface area (Å²) in [5.74, 6) is 0.592. The molecule has 5 rings (SSSR count). The second-order valence-electron chi connectivity index (χ2n) is 8.69. The van der Waals surface area contributed by atoms with Crippen LogP contribution < -0.4 is 4.90 Å². The summed E-state index contributed by atoms with van der Waals surface area (Å²) in [6.07, 6.45) is 4.96. The molecule has 3 fully saturated rings. The van der Waals surface area contributed by atoms with Crippen LogP contribution in [0, 0.1) is 11.3 Å². The highest BCUT2D eigenvalue weighted by molar-refractivity contribution is 5.78. The Bertz CT molecular complexity index is 811. The largest absolute Gasteiger partial charge is 0.423 e. The van der Waals surface area contributed by atoms with Crippen molar-refractivity contribution in [3.05, 3.63) is 24.3 Å². The number of ether oxygens (including phenoxy) is 1. The molecule has 0 N–H and O–H groups in total. The average molecular weight is 369 g/mol. The summed E-state index contributed by atoms with van der Waals surface area (Å²) in [5, 5.41) is 0. The molecule has 1 aliphatic carbocycles. The number of likely N-dealkylation sites (tertiary alicyclic amines) is 1. The smallest absolute Gasteiger partial charge is 0.298 e. The molecule has 2 aromatic rings. The molecular weight excluding hydrogens is 342 g/mol. The summed E-state index contributed by atoms with van der Waals surface area (Å²) in [4.78, 5) is 21.5. The number of benzene rings is 1. The van der Waals surface area contributed by atoms with Crippen molar-refractivity contribution in [2.24, 2.45) is 11.3 Å². The maximum Gasteiger partial charge on any atom is 0.298 e. The summed E-state index contributed by atoms with van der Waals surface area (Å²) in [5.41, 5.74) is 1.81. The van der Waals surface area contributed by atoms with Gasteiger partial charge < -0.3 is 19.0 Å². The van der Waals surface area contributed by atoms with Gasteiger partial charge in [0.05, 0.1) is 6.10 Å². The van der Waals surface area contributed by atoms with E-state index in [0.717, 1.165) is 50.1 Å². The zero-order valence-corrected chi connectivity index (χ0v) is 15.9. The third-order valence-electron chi connectivity index (χ3n) is 6.62. The number of carbonyl (C=O) groups excluding carboxylic acids is 1. The highest BCUT2D eigenvalue weighted by atomic mass is 16.5. The van der Waals surface area contributed by atoms with Gasteiger partial charge in [0.25, 0.3) is 6.01 Å². The van der Waals surface area contributed by atoms with E-state index in [4.69, 9.17) is 9.15 Å². The second kappa shape index (κ2) is 6.51. The number of para-hydroxylation sites is 2. The maximum atomic E-state index is 12.6. The number of carbonyl (C=O) groups is 1. The number of amides is 1. The van der Waals surface area contributed by atoms with Crippen LogP contribution in [0.4, 0.5) is 6.01 Å². The average Bonchev–Trinajstić information content (AvgIpc) is 3.40. The highest BCUT2D eigenvalue weighted by Crippen LogP contribution is 2.43. The lowest BCUT2D eigenvalue weighted by Crippen LogP contribution is -2.38. The van der Waals surface area contributed by atoms with Gasteiger partial charge in [0.15, 0.2) is 5.58 Å². The van der Waals surface area contributed by atoms with Crippen LogP contribution in [0.15, 0.2) is 28.7 Å². The quantitative estimate of drug-likeness (QED) is 0.829. The van der Waals surface area contributed by atoms with E-state index in [0.29, 0.717) is 18.0 Å². The van der Waals surface area contributed by atoms with Gasteiger partial charge in [-0.05, 0) is 25.0 Å². The van der Waals surface area contributed by atoms with Gasteiger partial charge in [-0.15, -0.1) is 0 Å². The number of hydrogen-bond donors (Lipinski definition) is 0. The Hall–Kier alpha value is -2.08. The first-order chi connectivity index (χ1) is 13.1. The van der Waals surface area contributed by atoms with Gasteiger partial charge in [0.1, 0.15) is 12.1 Å². The number of hydrogen-bond acceptors (Lipinski definition) is 5. The van der Waals surface area contributed by atoms with E-state index >= 15 is 0 Å². The summed E-state index contributed by atoms with van der Waals surface area (Å²) in [6, 6.07) is 8.58. The van der Waals surface area contributed by atoms with Crippen LogP contribution in [0.3, 0.4) is 0 Å². The van der Waals surface area contributed by atoms with Gasteiger partial charge in [-0.3, -0.25) is 4.79 Å². The van der Waals surface area contributed by atoms with Gasteiger partial charge in [0.2, 0.25) is 5.91 Å². The molecule has 2 aliphatic heterocycles. The van der Waals surface area contributed by atoms with Gasteiger partial charge in [-0.1, -0.05) is 31.9 Å². The number of anilines is 1. The number of rotatable bonds is 4. The molecule has 3 aliphatic rings. The molecule has 1 aromatic heterocycles. The lowest BCUT2D eigenvalue weighted by atomic mass is 9.83. The SMILES string of the molecule is C[C@@]12CN(C(=O)COC3CCCC3)C[C@@H]1CN(c1nc3ccccc3o1)C2. The first-order valence-corrected chi connectivity index (χ1v) is 10.1. The van der Waals surface area contributed by atoms with Crippen LogP contribution in [0.5, 0.6) is 0 Å². The molecule has 6 nitrogen and oxygen atoms in total. The van der Waals surface area contributed by atoms with Crippen LogP contribution in [0.25, 0.3) is 11.1 Å². The monoisotopic (exact) mass is 369 g/mol. The van der Waals surface area contributed by atoms with Crippen LogP contribution >= 0.6 is 0 Å². The molecule has 3 heterocycles.